The molecule has 0 aliphatic rings. The summed E-state index contributed by atoms with van der Waals surface area (Å²) in [5.74, 6) is 1.59. The lowest BCUT2D eigenvalue weighted by Crippen LogP contribution is -2.20. The Balaban J connectivity index is 1.60. The van der Waals surface area contributed by atoms with E-state index in [2.05, 4.69) is 31.7 Å². The lowest BCUT2D eigenvalue weighted by atomic mass is 10.2. The van der Waals surface area contributed by atoms with Crippen molar-refractivity contribution in [2.24, 2.45) is 0 Å². The Morgan fingerprint density at radius 1 is 1.04 bits per heavy atom. The maximum atomic E-state index is 12.2. The van der Waals surface area contributed by atoms with Gasteiger partial charge >= 0.3 is 6.03 Å². The third-order valence-corrected chi connectivity index (χ3v) is 4.31. The Kier molecular flexibility index (Phi) is 5.97. The molecule has 7 nitrogen and oxygen atoms in total. The summed E-state index contributed by atoms with van der Waals surface area (Å²) in [6.45, 7) is 0.617. The topological polar surface area (TPSA) is 77.4 Å². The van der Waals surface area contributed by atoms with Crippen LogP contribution in [0, 0.1) is 0 Å². The Morgan fingerprint density at radius 3 is 2.48 bits per heavy atom. The molecule has 0 atom stereocenters. The van der Waals surface area contributed by atoms with Gasteiger partial charge in [0.15, 0.2) is 17.3 Å². The van der Waals surface area contributed by atoms with Crippen LogP contribution in [0.4, 0.5) is 16.3 Å². The molecule has 0 saturated carbocycles. The third-order valence-electron chi connectivity index (χ3n) is 3.78. The highest BCUT2D eigenvalue weighted by Gasteiger charge is 2.09. The number of amides is 2. The van der Waals surface area contributed by atoms with E-state index in [0.717, 1.165) is 10.0 Å². The van der Waals surface area contributed by atoms with Crippen molar-refractivity contribution in [3.8, 4) is 11.5 Å². The summed E-state index contributed by atoms with van der Waals surface area (Å²) in [5.41, 5.74) is 1.70. The highest BCUT2D eigenvalue weighted by molar-refractivity contribution is 9.10. The first-order chi connectivity index (χ1) is 13.1. The zero-order chi connectivity index (χ0) is 19.2. The van der Waals surface area contributed by atoms with E-state index in [1.54, 1.807) is 43.2 Å². The van der Waals surface area contributed by atoms with Crippen molar-refractivity contribution in [2.75, 3.05) is 24.9 Å². The van der Waals surface area contributed by atoms with Gasteiger partial charge in [0.1, 0.15) is 0 Å². The Bertz CT molecular complexity index is 925. The van der Waals surface area contributed by atoms with E-state index in [-0.39, 0.29) is 0 Å². The van der Waals surface area contributed by atoms with Crippen molar-refractivity contribution in [3.05, 3.63) is 64.8 Å². The van der Waals surface area contributed by atoms with Crippen LogP contribution < -0.4 is 20.1 Å². The maximum Gasteiger partial charge on any atom is 0.324 e. The second-order valence-electron chi connectivity index (χ2n) is 5.67. The van der Waals surface area contributed by atoms with Gasteiger partial charge in [-0.05, 0) is 29.8 Å². The zero-order valence-corrected chi connectivity index (χ0v) is 16.5. The minimum atomic E-state index is -0.392. The van der Waals surface area contributed by atoms with Crippen LogP contribution in [-0.4, -0.2) is 30.0 Å². The predicted octanol–water partition coefficient (Wildman–Crippen LogP) is 4.36. The van der Waals surface area contributed by atoms with Crippen LogP contribution in [-0.2, 0) is 6.54 Å². The van der Waals surface area contributed by atoms with Crippen LogP contribution in [0.5, 0.6) is 11.5 Å². The molecule has 0 aliphatic carbocycles. The number of methoxy groups -OCH3 is 2. The van der Waals surface area contributed by atoms with Gasteiger partial charge in [0, 0.05) is 28.5 Å². The molecule has 8 heteroatoms. The molecule has 2 N–H and O–H groups in total. The van der Waals surface area contributed by atoms with Crippen molar-refractivity contribution in [1.82, 2.24) is 9.78 Å². The number of ether oxygens (including phenoxy) is 2. The molecule has 0 saturated heterocycles. The van der Waals surface area contributed by atoms with Gasteiger partial charge in [-0.2, -0.15) is 5.10 Å². The fraction of sp³-hybridized carbons (Fsp3) is 0.158. The number of carbonyl (C=O) groups excluding carboxylic acids is 1. The number of hydrogen-bond donors (Lipinski definition) is 2. The van der Waals surface area contributed by atoms with Crippen LogP contribution in [0.25, 0.3) is 0 Å². The molecule has 0 spiro atoms. The average Bonchev–Trinajstić information content (AvgIpc) is 3.10. The molecule has 0 radical (unpaired) electrons. The number of benzene rings is 2. The Morgan fingerprint density at radius 2 is 1.78 bits per heavy atom. The van der Waals surface area contributed by atoms with Crippen LogP contribution in [0.3, 0.4) is 0 Å². The van der Waals surface area contributed by atoms with Crippen molar-refractivity contribution in [2.45, 2.75) is 6.54 Å². The van der Waals surface area contributed by atoms with E-state index >= 15 is 0 Å². The molecular weight excluding hydrogens is 412 g/mol. The Labute approximate surface area is 165 Å². The van der Waals surface area contributed by atoms with E-state index in [9.17, 15) is 4.79 Å². The number of hydrogen-bond acceptors (Lipinski definition) is 4. The fourth-order valence-electron chi connectivity index (χ4n) is 2.49. The van der Waals surface area contributed by atoms with Crippen molar-refractivity contribution in [3.63, 3.8) is 0 Å². The summed E-state index contributed by atoms with van der Waals surface area (Å²) >= 11 is 3.41. The first-order valence-corrected chi connectivity index (χ1v) is 8.94. The monoisotopic (exact) mass is 430 g/mol. The van der Waals surface area contributed by atoms with E-state index in [4.69, 9.17) is 9.47 Å². The molecule has 140 valence electrons. The highest BCUT2D eigenvalue weighted by atomic mass is 79.9. The third kappa shape index (κ3) is 5.01. The predicted molar refractivity (Wildman–Crippen MR) is 108 cm³/mol. The number of halogens is 1. The number of aromatic nitrogens is 2. The van der Waals surface area contributed by atoms with Crippen molar-refractivity contribution < 1.29 is 14.3 Å². The minimum absolute atomic E-state index is 0.392. The van der Waals surface area contributed by atoms with Crippen molar-refractivity contribution >= 4 is 33.5 Å². The summed E-state index contributed by atoms with van der Waals surface area (Å²) in [7, 11) is 3.10. The molecule has 2 amide bonds. The molecule has 3 rings (SSSR count). The van der Waals surface area contributed by atoms with Crippen LogP contribution in [0.1, 0.15) is 5.56 Å². The van der Waals surface area contributed by atoms with Gasteiger partial charge in [0.05, 0.1) is 20.8 Å². The Hall–Kier alpha value is -3.00. The van der Waals surface area contributed by atoms with Crippen LogP contribution >= 0.6 is 15.9 Å². The number of nitrogens with zero attached hydrogens (tertiary/aromatic N) is 2. The summed E-state index contributed by atoms with van der Waals surface area (Å²) in [6.07, 6.45) is 1.81. The largest absolute Gasteiger partial charge is 0.493 e. The number of urea groups is 1. The summed E-state index contributed by atoms with van der Waals surface area (Å²) in [5, 5.41) is 9.81. The number of anilines is 2. The molecule has 1 heterocycles. The molecule has 0 unspecified atom stereocenters. The molecular formula is C19H19BrN4O3. The van der Waals surface area contributed by atoms with Crippen LogP contribution in [0.15, 0.2) is 59.2 Å². The average molecular weight is 431 g/mol. The molecule has 0 aliphatic heterocycles. The smallest absolute Gasteiger partial charge is 0.324 e. The van der Waals surface area contributed by atoms with E-state index in [1.165, 1.54) is 0 Å². The normalized spacial score (nSPS) is 10.3. The second kappa shape index (κ2) is 8.59. The quantitative estimate of drug-likeness (QED) is 0.608. The summed E-state index contributed by atoms with van der Waals surface area (Å²) < 4.78 is 13.2. The molecule has 3 aromatic rings. The molecule has 0 bridgehead atoms. The van der Waals surface area contributed by atoms with E-state index in [1.807, 2.05) is 30.5 Å². The lowest BCUT2D eigenvalue weighted by Gasteiger charge is -2.10. The van der Waals surface area contributed by atoms with Crippen LogP contribution in [0.2, 0.25) is 0 Å². The fourth-order valence-corrected chi connectivity index (χ4v) is 2.75. The molecule has 27 heavy (non-hydrogen) atoms. The van der Waals surface area contributed by atoms with Crippen molar-refractivity contribution in [1.29, 1.82) is 0 Å². The standard InChI is InChI=1S/C19H19BrN4O3/c1-26-16-8-7-15(11-17(16)27-2)21-19(25)22-18-9-10-24(23-18)12-13-3-5-14(20)6-4-13/h3-11H,12H2,1-2H3,(H2,21,22,23,25). The maximum absolute atomic E-state index is 12.2. The summed E-state index contributed by atoms with van der Waals surface area (Å²) in [6, 6.07) is 14.5. The first kappa shape index (κ1) is 18.8. The first-order valence-electron chi connectivity index (χ1n) is 8.15. The van der Waals surface area contributed by atoms with E-state index < -0.39 is 6.03 Å². The van der Waals surface area contributed by atoms with Gasteiger partial charge in [-0.1, -0.05) is 28.1 Å². The summed E-state index contributed by atoms with van der Waals surface area (Å²) in [4.78, 5) is 12.2. The number of carbonyl (C=O) groups is 1. The van der Waals surface area contributed by atoms with Gasteiger partial charge in [-0.25, -0.2) is 4.79 Å². The highest BCUT2D eigenvalue weighted by Crippen LogP contribution is 2.29. The van der Waals surface area contributed by atoms with Gasteiger partial charge in [0.2, 0.25) is 0 Å². The lowest BCUT2D eigenvalue weighted by molar-refractivity contribution is 0.262. The molecule has 2 aromatic carbocycles. The van der Waals surface area contributed by atoms with E-state index in [0.29, 0.717) is 29.5 Å². The van der Waals surface area contributed by atoms with Gasteiger partial charge in [-0.15, -0.1) is 0 Å². The van der Waals surface area contributed by atoms with Gasteiger partial charge < -0.3 is 14.8 Å². The second-order valence-corrected chi connectivity index (χ2v) is 6.59. The SMILES string of the molecule is COc1ccc(NC(=O)Nc2ccn(Cc3ccc(Br)cc3)n2)cc1OC. The van der Waals surface area contributed by atoms with Gasteiger partial charge in [-0.3, -0.25) is 10.00 Å². The zero-order valence-electron chi connectivity index (χ0n) is 14.9. The van der Waals surface area contributed by atoms with Gasteiger partial charge in [0.25, 0.3) is 0 Å². The molecule has 0 fully saturated rings. The minimum Gasteiger partial charge on any atom is -0.493 e. The number of rotatable bonds is 6. The number of nitrogens with one attached hydrogen (secondary N) is 2. The molecule has 1 aromatic heterocycles.